The first-order valence-electron chi connectivity index (χ1n) is 6.16. The van der Waals surface area contributed by atoms with Crippen LogP contribution in [0.2, 0.25) is 0 Å². The summed E-state index contributed by atoms with van der Waals surface area (Å²) in [6.07, 6.45) is 6.16. The van der Waals surface area contributed by atoms with Crippen molar-refractivity contribution in [1.29, 1.82) is 0 Å². The Morgan fingerprint density at radius 1 is 1.65 bits per heavy atom. The van der Waals surface area contributed by atoms with Gasteiger partial charge in [-0.3, -0.25) is 14.4 Å². The lowest BCUT2D eigenvalue weighted by atomic mass is 10.3. The summed E-state index contributed by atoms with van der Waals surface area (Å²) in [7, 11) is 1.95. The summed E-state index contributed by atoms with van der Waals surface area (Å²) in [6.45, 7) is 4.15. The number of hydrogen-bond donors (Lipinski definition) is 1. The summed E-state index contributed by atoms with van der Waals surface area (Å²) in [4.78, 5) is 13.6. The number of likely N-dealkylation sites (N-methyl/N-ethyl adjacent to an activating group) is 1. The van der Waals surface area contributed by atoms with Crippen molar-refractivity contribution >= 4 is 5.91 Å². The van der Waals surface area contributed by atoms with Crippen molar-refractivity contribution in [1.82, 2.24) is 20.0 Å². The molecule has 0 atom stereocenters. The van der Waals surface area contributed by atoms with E-state index in [1.165, 1.54) is 0 Å². The highest BCUT2D eigenvalue weighted by Crippen LogP contribution is 2.18. The lowest BCUT2D eigenvalue weighted by molar-refractivity contribution is -0.122. The van der Waals surface area contributed by atoms with E-state index in [1.54, 1.807) is 0 Å². The summed E-state index contributed by atoms with van der Waals surface area (Å²) < 4.78 is 1.90. The SMILES string of the molecule is CCn1cc(CN(C)CC(=O)NC2CC2)cn1. The van der Waals surface area contributed by atoms with Crippen LogP contribution in [0.5, 0.6) is 0 Å². The Bertz CT molecular complexity index is 384. The van der Waals surface area contributed by atoms with E-state index in [0.717, 1.165) is 31.5 Å². The number of hydrogen-bond acceptors (Lipinski definition) is 3. The topological polar surface area (TPSA) is 50.2 Å². The van der Waals surface area contributed by atoms with Crippen molar-refractivity contribution in [2.45, 2.75) is 38.9 Å². The van der Waals surface area contributed by atoms with Crippen molar-refractivity contribution in [3.8, 4) is 0 Å². The molecule has 0 spiro atoms. The second-order valence-electron chi connectivity index (χ2n) is 4.72. The van der Waals surface area contributed by atoms with E-state index in [1.807, 2.05) is 29.0 Å². The minimum absolute atomic E-state index is 0.123. The minimum Gasteiger partial charge on any atom is -0.352 e. The van der Waals surface area contributed by atoms with Gasteiger partial charge >= 0.3 is 0 Å². The molecule has 0 unspecified atom stereocenters. The molecule has 1 aliphatic rings. The lowest BCUT2D eigenvalue weighted by Gasteiger charge is -2.14. The van der Waals surface area contributed by atoms with Crippen molar-refractivity contribution in [2.75, 3.05) is 13.6 Å². The summed E-state index contributed by atoms with van der Waals surface area (Å²) in [6, 6.07) is 0.443. The van der Waals surface area contributed by atoms with Crippen LogP contribution in [0.25, 0.3) is 0 Å². The molecule has 0 aliphatic heterocycles. The Balaban J connectivity index is 1.75. The number of aryl methyl sites for hydroxylation is 1. The minimum atomic E-state index is 0.123. The molecule has 2 rings (SSSR count). The van der Waals surface area contributed by atoms with Crippen LogP contribution in [0.15, 0.2) is 12.4 Å². The molecule has 1 aliphatic carbocycles. The highest BCUT2D eigenvalue weighted by Gasteiger charge is 2.23. The van der Waals surface area contributed by atoms with Gasteiger partial charge in [0, 0.05) is 30.9 Å². The molecular formula is C12H20N4O. The molecule has 0 saturated heterocycles. The molecule has 0 aromatic carbocycles. The number of rotatable bonds is 6. The molecule has 1 amide bonds. The zero-order chi connectivity index (χ0) is 12.3. The number of carbonyl (C=O) groups excluding carboxylic acids is 1. The van der Waals surface area contributed by atoms with E-state index < -0.39 is 0 Å². The lowest BCUT2D eigenvalue weighted by Crippen LogP contribution is -2.35. The average Bonchev–Trinajstić information content (AvgIpc) is 2.95. The number of carbonyl (C=O) groups is 1. The van der Waals surface area contributed by atoms with E-state index in [0.29, 0.717) is 12.6 Å². The summed E-state index contributed by atoms with van der Waals surface area (Å²) in [5, 5.41) is 7.20. The second kappa shape index (κ2) is 5.31. The van der Waals surface area contributed by atoms with Crippen LogP contribution < -0.4 is 5.32 Å². The van der Waals surface area contributed by atoms with Crippen LogP contribution in [0, 0.1) is 0 Å². The van der Waals surface area contributed by atoms with Gasteiger partial charge in [-0.05, 0) is 26.8 Å². The molecule has 1 heterocycles. The molecule has 1 N–H and O–H groups in total. The van der Waals surface area contributed by atoms with Crippen molar-refractivity contribution in [3.05, 3.63) is 18.0 Å². The van der Waals surface area contributed by atoms with Gasteiger partial charge in [0.15, 0.2) is 0 Å². The van der Waals surface area contributed by atoms with Gasteiger partial charge in [0.2, 0.25) is 5.91 Å². The Morgan fingerprint density at radius 2 is 2.41 bits per heavy atom. The Morgan fingerprint density at radius 3 is 3.00 bits per heavy atom. The van der Waals surface area contributed by atoms with Crippen LogP contribution in [-0.4, -0.2) is 40.2 Å². The second-order valence-corrected chi connectivity index (χ2v) is 4.72. The number of nitrogens with one attached hydrogen (secondary N) is 1. The zero-order valence-electron chi connectivity index (χ0n) is 10.5. The molecule has 1 fully saturated rings. The van der Waals surface area contributed by atoms with E-state index in [4.69, 9.17) is 0 Å². The zero-order valence-corrected chi connectivity index (χ0v) is 10.5. The number of nitrogens with zero attached hydrogens (tertiary/aromatic N) is 3. The van der Waals surface area contributed by atoms with E-state index in [2.05, 4.69) is 17.3 Å². The predicted octanol–water partition coefficient (Wildman–Crippen LogP) is 0.613. The first kappa shape index (κ1) is 12.1. The summed E-state index contributed by atoms with van der Waals surface area (Å²) >= 11 is 0. The van der Waals surface area contributed by atoms with Crippen LogP contribution in [0.1, 0.15) is 25.3 Å². The fourth-order valence-electron chi connectivity index (χ4n) is 1.77. The van der Waals surface area contributed by atoms with E-state index in [-0.39, 0.29) is 5.91 Å². The molecule has 0 bridgehead atoms. The quantitative estimate of drug-likeness (QED) is 0.787. The first-order valence-corrected chi connectivity index (χ1v) is 6.16. The fourth-order valence-corrected chi connectivity index (χ4v) is 1.77. The van der Waals surface area contributed by atoms with Gasteiger partial charge in [-0.25, -0.2) is 0 Å². The van der Waals surface area contributed by atoms with Gasteiger partial charge in [-0.2, -0.15) is 5.10 Å². The van der Waals surface area contributed by atoms with E-state index >= 15 is 0 Å². The highest BCUT2D eigenvalue weighted by molar-refractivity contribution is 5.78. The van der Waals surface area contributed by atoms with Crippen molar-refractivity contribution in [2.24, 2.45) is 0 Å². The van der Waals surface area contributed by atoms with Crippen molar-refractivity contribution < 1.29 is 4.79 Å². The number of aromatic nitrogens is 2. The van der Waals surface area contributed by atoms with Gasteiger partial charge < -0.3 is 5.32 Å². The summed E-state index contributed by atoms with van der Waals surface area (Å²) in [5.74, 6) is 0.123. The molecule has 94 valence electrons. The summed E-state index contributed by atoms with van der Waals surface area (Å²) in [5.41, 5.74) is 1.15. The normalized spacial score (nSPS) is 15.2. The Hall–Kier alpha value is -1.36. The van der Waals surface area contributed by atoms with E-state index in [9.17, 15) is 4.79 Å². The first-order chi connectivity index (χ1) is 8.17. The van der Waals surface area contributed by atoms with Gasteiger partial charge in [-0.1, -0.05) is 0 Å². The Kier molecular flexibility index (Phi) is 3.78. The molecule has 1 aromatic heterocycles. The largest absolute Gasteiger partial charge is 0.352 e. The molecular weight excluding hydrogens is 216 g/mol. The third kappa shape index (κ3) is 3.85. The van der Waals surface area contributed by atoms with Crippen LogP contribution in [-0.2, 0) is 17.9 Å². The van der Waals surface area contributed by atoms with Gasteiger partial charge in [-0.15, -0.1) is 0 Å². The maximum Gasteiger partial charge on any atom is 0.234 e. The molecule has 5 heteroatoms. The maximum atomic E-state index is 11.6. The smallest absolute Gasteiger partial charge is 0.234 e. The molecule has 1 aromatic rings. The van der Waals surface area contributed by atoms with Gasteiger partial charge in [0.05, 0.1) is 12.7 Å². The van der Waals surface area contributed by atoms with Gasteiger partial charge in [0.1, 0.15) is 0 Å². The third-order valence-corrected chi connectivity index (χ3v) is 2.82. The average molecular weight is 236 g/mol. The van der Waals surface area contributed by atoms with Crippen molar-refractivity contribution in [3.63, 3.8) is 0 Å². The van der Waals surface area contributed by atoms with Crippen LogP contribution >= 0.6 is 0 Å². The number of amides is 1. The molecule has 0 radical (unpaired) electrons. The Labute approximate surface area is 102 Å². The highest BCUT2D eigenvalue weighted by atomic mass is 16.2. The molecule has 1 saturated carbocycles. The monoisotopic (exact) mass is 236 g/mol. The van der Waals surface area contributed by atoms with Gasteiger partial charge in [0.25, 0.3) is 0 Å². The fraction of sp³-hybridized carbons (Fsp3) is 0.667. The van der Waals surface area contributed by atoms with Crippen LogP contribution in [0.3, 0.4) is 0 Å². The van der Waals surface area contributed by atoms with Crippen LogP contribution in [0.4, 0.5) is 0 Å². The third-order valence-electron chi connectivity index (χ3n) is 2.82. The maximum absolute atomic E-state index is 11.6. The molecule has 5 nitrogen and oxygen atoms in total. The standard InChI is InChI=1S/C12H20N4O/c1-3-16-8-10(6-13-16)7-15(2)9-12(17)14-11-4-5-11/h6,8,11H,3-5,7,9H2,1-2H3,(H,14,17). The predicted molar refractivity (Wildman–Crippen MR) is 65.4 cm³/mol. The molecule has 17 heavy (non-hydrogen) atoms.